The molecule has 0 amide bonds. The van der Waals surface area contributed by atoms with Gasteiger partial charge in [0.05, 0.1) is 0 Å². The maximum absolute atomic E-state index is 3.64. The second-order valence-electron chi connectivity index (χ2n) is 4.99. The minimum absolute atomic E-state index is 0.666. The Morgan fingerprint density at radius 1 is 1.33 bits per heavy atom. The average molecular weight is 209 g/mol. The van der Waals surface area contributed by atoms with Crippen LogP contribution in [-0.4, -0.2) is 12.6 Å². The molecule has 0 aromatic rings. The van der Waals surface area contributed by atoms with Gasteiger partial charge in [-0.15, -0.1) is 0 Å². The minimum atomic E-state index is 0.666. The van der Waals surface area contributed by atoms with E-state index in [4.69, 9.17) is 0 Å². The predicted molar refractivity (Wildman–Crippen MR) is 68.1 cm³/mol. The molecular weight excluding hydrogens is 182 g/mol. The molecule has 0 aromatic heterocycles. The lowest BCUT2D eigenvalue weighted by atomic mass is 9.96. The van der Waals surface area contributed by atoms with E-state index in [1.54, 1.807) is 5.57 Å². The normalized spacial score (nSPS) is 20.9. The molecule has 0 radical (unpaired) electrons. The van der Waals surface area contributed by atoms with Crippen LogP contribution in [0, 0.1) is 5.92 Å². The average Bonchev–Trinajstić information content (AvgIpc) is 2.29. The number of hydrogen-bond donors (Lipinski definition) is 1. The molecule has 2 atom stereocenters. The highest BCUT2D eigenvalue weighted by Crippen LogP contribution is 2.19. The summed E-state index contributed by atoms with van der Waals surface area (Å²) in [5.41, 5.74) is 1.69. The first kappa shape index (κ1) is 12.8. The molecule has 0 aliphatic heterocycles. The zero-order valence-corrected chi connectivity index (χ0v) is 10.7. The van der Waals surface area contributed by atoms with Gasteiger partial charge >= 0.3 is 0 Å². The lowest BCUT2D eigenvalue weighted by molar-refractivity contribution is 0.392. The Morgan fingerprint density at radius 2 is 2.13 bits per heavy atom. The second kappa shape index (κ2) is 7.05. The summed E-state index contributed by atoms with van der Waals surface area (Å²) in [4.78, 5) is 0. The zero-order chi connectivity index (χ0) is 11.1. The highest BCUT2D eigenvalue weighted by Gasteiger charge is 2.09. The topological polar surface area (TPSA) is 12.0 Å². The quantitative estimate of drug-likeness (QED) is 0.654. The van der Waals surface area contributed by atoms with Gasteiger partial charge in [-0.05, 0) is 51.5 Å². The number of nitrogens with one attached hydrogen (secondary N) is 1. The van der Waals surface area contributed by atoms with Crippen molar-refractivity contribution in [3.05, 3.63) is 11.6 Å². The van der Waals surface area contributed by atoms with Crippen molar-refractivity contribution in [3.63, 3.8) is 0 Å². The van der Waals surface area contributed by atoms with Gasteiger partial charge in [-0.25, -0.2) is 0 Å². The smallest absolute Gasteiger partial charge is 0.00643 e. The molecule has 1 nitrogen and oxygen atoms in total. The lowest BCUT2D eigenvalue weighted by Crippen LogP contribution is -2.32. The molecule has 0 bridgehead atoms. The summed E-state index contributed by atoms with van der Waals surface area (Å²) in [7, 11) is 0. The van der Waals surface area contributed by atoms with E-state index in [-0.39, 0.29) is 0 Å². The molecule has 0 aromatic carbocycles. The van der Waals surface area contributed by atoms with Gasteiger partial charge in [0.2, 0.25) is 0 Å². The van der Waals surface area contributed by atoms with Crippen LogP contribution in [0.5, 0.6) is 0 Å². The maximum atomic E-state index is 3.64. The van der Waals surface area contributed by atoms with Crippen molar-refractivity contribution < 1.29 is 0 Å². The van der Waals surface area contributed by atoms with Gasteiger partial charge in [0.1, 0.15) is 0 Å². The highest BCUT2D eigenvalue weighted by atomic mass is 14.9. The van der Waals surface area contributed by atoms with Crippen LogP contribution in [0.25, 0.3) is 0 Å². The lowest BCUT2D eigenvalue weighted by Gasteiger charge is -2.21. The molecule has 1 aliphatic carbocycles. The van der Waals surface area contributed by atoms with Crippen LogP contribution >= 0.6 is 0 Å². The summed E-state index contributed by atoms with van der Waals surface area (Å²) in [6.07, 6.45) is 10.5. The molecule has 1 rings (SSSR count). The van der Waals surface area contributed by atoms with Gasteiger partial charge in [-0.1, -0.05) is 31.9 Å². The fourth-order valence-electron chi connectivity index (χ4n) is 2.15. The van der Waals surface area contributed by atoms with Gasteiger partial charge in [-0.3, -0.25) is 0 Å². The standard InChI is InChI=1S/C14H27N/c1-4-12(2)13(3)15-11-10-14-8-6-5-7-9-14/h8,12-13,15H,4-7,9-11H2,1-3H3/t12-,13-/m1/s1. The molecule has 0 saturated carbocycles. The van der Waals surface area contributed by atoms with E-state index in [9.17, 15) is 0 Å². The van der Waals surface area contributed by atoms with Gasteiger partial charge < -0.3 is 5.32 Å². The number of allylic oxidation sites excluding steroid dienone is 1. The first-order valence-corrected chi connectivity index (χ1v) is 6.65. The summed E-state index contributed by atoms with van der Waals surface area (Å²) in [6, 6.07) is 0.666. The Morgan fingerprint density at radius 3 is 2.73 bits per heavy atom. The Bertz CT molecular complexity index is 196. The third kappa shape index (κ3) is 4.83. The van der Waals surface area contributed by atoms with Crippen molar-refractivity contribution in [2.45, 2.75) is 65.3 Å². The largest absolute Gasteiger partial charge is 0.314 e. The van der Waals surface area contributed by atoms with Crippen molar-refractivity contribution in [2.24, 2.45) is 5.92 Å². The van der Waals surface area contributed by atoms with Crippen molar-refractivity contribution in [1.29, 1.82) is 0 Å². The highest BCUT2D eigenvalue weighted by molar-refractivity contribution is 5.05. The Labute approximate surface area is 95.3 Å². The number of hydrogen-bond acceptors (Lipinski definition) is 1. The molecule has 88 valence electrons. The van der Waals surface area contributed by atoms with Gasteiger partial charge in [-0.2, -0.15) is 0 Å². The molecule has 0 saturated heterocycles. The van der Waals surface area contributed by atoms with E-state index < -0.39 is 0 Å². The van der Waals surface area contributed by atoms with Crippen LogP contribution in [0.3, 0.4) is 0 Å². The van der Waals surface area contributed by atoms with Crippen LogP contribution in [0.1, 0.15) is 59.3 Å². The molecule has 1 N–H and O–H groups in total. The Hall–Kier alpha value is -0.300. The van der Waals surface area contributed by atoms with Crippen LogP contribution < -0.4 is 5.32 Å². The van der Waals surface area contributed by atoms with Gasteiger partial charge in [0.15, 0.2) is 0 Å². The Kier molecular flexibility index (Phi) is 6.00. The maximum Gasteiger partial charge on any atom is 0.00643 e. The van der Waals surface area contributed by atoms with Gasteiger partial charge in [0, 0.05) is 6.04 Å². The van der Waals surface area contributed by atoms with Crippen LogP contribution in [0.4, 0.5) is 0 Å². The summed E-state index contributed by atoms with van der Waals surface area (Å²) < 4.78 is 0. The van der Waals surface area contributed by atoms with Crippen LogP contribution in [0.2, 0.25) is 0 Å². The van der Waals surface area contributed by atoms with E-state index in [0.717, 1.165) is 12.5 Å². The molecule has 0 heterocycles. The van der Waals surface area contributed by atoms with Crippen molar-refractivity contribution in [3.8, 4) is 0 Å². The molecule has 0 spiro atoms. The summed E-state index contributed by atoms with van der Waals surface area (Å²) in [5, 5.41) is 3.64. The first-order chi connectivity index (χ1) is 7.24. The molecule has 1 heteroatoms. The monoisotopic (exact) mass is 209 g/mol. The van der Waals surface area contributed by atoms with Crippen molar-refractivity contribution >= 4 is 0 Å². The zero-order valence-electron chi connectivity index (χ0n) is 10.7. The third-order valence-electron chi connectivity index (χ3n) is 3.79. The van der Waals surface area contributed by atoms with Crippen molar-refractivity contribution in [2.75, 3.05) is 6.54 Å². The summed E-state index contributed by atoms with van der Waals surface area (Å²) in [6.45, 7) is 8.07. The summed E-state index contributed by atoms with van der Waals surface area (Å²) >= 11 is 0. The fourth-order valence-corrected chi connectivity index (χ4v) is 2.15. The summed E-state index contributed by atoms with van der Waals surface area (Å²) in [5.74, 6) is 0.797. The molecule has 0 fully saturated rings. The Balaban J connectivity index is 2.12. The first-order valence-electron chi connectivity index (χ1n) is 6.65. The SMILES string of the molecule is CC[C@@H](C)[C@@H](C)NCCC1=CCCCC1. The number of rotatable bonds is 6. The van der Waals surface area contributed by atoms with Crippen LogP contribution in [-0.2, 0) is 0 Å². The van der Waals surface area contributed by atoms with E-state index in [0.29, 0.717) is 6.04 Å². The van der Waals surface area contributed by atoms with E-state index >= 15 is 0 Å². The predicted octanol–water partition coefficient (Wildman–Crippen LogP) is 3.90. The van der Waals surface area contributed by atoms with E-state index in [2.05, 4.69) is 32.2 Å². The van der Waals surface area contributed by atoms with Crippen LogP contribution in [0.15, 0.2) is 11.6 Å². The minimum Gasteiger partial charge on any atom is -0.314 e. The molecule has 0 unspecified atom stereocenters. The van der Waals surface area contributed by atoms with Crippen molar-refractivity contribution in [1.82, 2.24) is 5.32 Å². The van der Waals surface area contributed by atoms with Gasteiger partial charge in [0.25, 0.3) is 0 Å². The molecular formula is C14H27N. The van der Waals surface area contributed by atoms with E-state index in [1.165, 1.54) is 38.5 Å². The fraction of sp³-hybridized carbons (Fsp3) is 0.857. The second-order valence-corrected chi connectivity index (χ2v) is 4.99. The van der Waals surface area contributed by atoms with E-state index in [1.807, 2.05) is 0 Å². The third-order valence-corrected chi connectivity index (χ3v) is 3.79. The molecule has 1 aliphatic rings. The molecule has 15 heavy (non-hydrogen) atoms.